The highest BCUT2D eigenvalue weighted by atomic mass is 16.6. The Morgan fingerprint density at radius 1 is 1.38 bits per heavy atom. The number of nitrogens with one attached hydrogen (secondary N) is 1. The Hall–Kier alpha value is -2.38. The van der Waals surface area contributed by atoms with Crippen LogP contribution in [0, 0.1) is 0 Å². The van der Waals surface area contributed by atoms with E-state index in [0.29, 0.717) is 25.6 Å². The highest BCUT2D eigenvalue weighted by Crippen LogP contribution is 2.16. The maximum Gasteiger partial charge on any atom is 0.317 e. The van der Waals surface area contributed by atoms with E-state index in [1.54, 1.807) is 18.5 Å². The minimum atomic E-state index is -0.0574. The average molecular weight is 333 g/mol. The van der Waals surface area contributed by atoms with Gasteiger partial charge in [0.1, 0.15) is 12.2 Å². The SMILES string of the molecule is CCC1=NO[C@H](CNC(=O)N2CCC(Oc3ncccn3)CC2)C1. The molecule has 3 rings (SSSR count). The normalized spacial score (nSPS) is 21.1. The van der Waals surface area contributed by atoms with Crippen LogP contribution in [0.15, 0.2) is 23.6 Å². The van der Waals surface area contributed by atoms with Crippen LogP contribution in [-0.4, -0.2) is 58.5 Å². The summed E-state index contributed by atoms with van der Waals surface area (Å²) >= 11 is 0. The first-order valence-corrected chi connectivity index (χ1v) is 8.42. The Morgan fingerprint density at radius 2 is 2.12 bits per heavy atom. The molecule has 1 saturated heterocycles. The van der Waals surface area contributed by atoms with Gasteiger partial charge in [0.05, 0.1) is 12.3 Å². The lowest BCUT2D eigenvalue weighted by atomic mass is 10.1. The molecule has 1 fully saturated rings. The Bertz CT molecular complexity index is 572. The number of hydrogen-bond donors (Lipinski definition) is 1. The summed E-state index contributed by atoms with van der Waals surface area (Å²) in [5.41, 5.74) is 1.05. The molecule has 2 aliphatic rings. The zero-order chi connectivity index (χ0) is 16.8. The van der Waals surface area contributed by atoms with Crippen LogP contribution in [0.25, 0.3) is 0 Å². The summed E-state index contributed by atoms with van der Waals surface area (Å²) in [7, 11) is 0. The topological polar surface area (TPSA) is 88.9 Å². The van der Waals surface area contributed by atoms with Gasteiger partial charge in [-0.1, -0.05) is 12.1 Å². The number of likely N-dealkylation sites (tertiary alicyclic amines) is 1. The third kappa shape index (κ3) is 4.33. The van der Waals surface area contributed by atoms with Gasteiger partial charge in [0.25, 0.3) is 0 Å². The number of piperidine rings is 1. The molecule has 0 aromatic carbocycles. The van der Waals surface area contributed by atoms with Gasteiger partial charge in [-0.3, -0.25) is 0 Å². The van der Waals surface area contributed by atoms with Crippen molar-refractivity contribution in [1.82, 2.24) is 20.2 Å². The zero-order valence-electron chi connectivity index (χ0n) is 13.9. The van der Waals surface area contributed by atoms with Crippen molar-refractivity contribution in [3.05, 3.63) is 18.5 Å². The fourth-order valence-electron chi connectivity index (χ4n) is 2.79. The van der Waals surface area contributed by atoms with Gasteiger partial charge < -0.3 is 19.8 Å². The molecule has 1 aromatic heterocycles. The molecule has 0 radical (unpaired) electrons. The Kier molecular flexibility index (Phi) is 5.45. The molecule has 0 saturated carbocycles. The molecule has 1 N–H and O–H groups in total. The van der Waals surface area contributed by atoms with Gasteiger partial charge in [-0.05, 0) is 12.5 Å². The van der Waals surface area contributed by atoms with Crippen molar-refractivity contribution in [2.24, 2.45) is 5.16 Å². The van der Waals surface area contributed by atoms with Crippen LogP contribution < -0.4 is 10.1 Å². The van der Waals surface area contributed by atoms with Crippen LogP contribution in [0.2, 0.25) is 0 Å². The van der Waals surface area contributed by atoms with Crippen LogP contribution in [0.4, 0.5) is 4.79 Å². The Morgan fingerprint density at radius 3 is 2.79 bits per heavy atom. The van der Waals surface area contributed by atoms with Crippen molar-refractivity contribution in [2.75, 3.05) is 19.6 Å². The van der Waals surface area contributed by atoms with Crippen LogP contribution >= 0.6 is 0 Å². The fraction of sp³-hybridized carbons (Fsp3) is 0.625. The summed E-state index contributed by atoms with van der Waals surface area (Å²) in [6.07, 6.45) is 6.55. The van der Waals surface area contributed by atoms with Gasteiger partial charge in [-0.25, -0.2) is 14.8 Å². The molecule has 1 aromatic rings. The summed E-state index contributed by atoms with van der Waals surface area (Å²) in [6.45, 7) is 3.85. The predicted octanol–water partition coefficient (Wildman–Crippen LogP) is 1.58. The number of urea groups is 1. The van der Waals surface area contributed by atoms with E-state index in [9.17, 15) is 4.79 Å². The Labute approximate surface area is 141 Å². The van der Waals surface area contributed by atoms with Crippen LogP contribution in [0.3, 0.4) is 0 Å². The van der Waals surface area contributed by atoms with Gasteiger partial charge in [-0.2, -0.15) is 0 Å². The van der Waals surface area contributed by atoms with E-state index in [0.717, 1.165) is 31.4 Å². The summed E-state index contributed by atoms with van der Waals surface area (Å²) in [5, 5.41) is 6.93. The largest absolute Gasteiger partial charge is 0.460 e. The molecule has 1 atom stereocenters. The molecule has 130 valence electrons. The number of nitrogens with zero attached hydrogens (tertiary/aromatic N) is 4. The van der Waals surface area contributed by atoms with E-state index >= 15 is 0 Å². The third-order valence-electron chi connectivity index (χ3n) is 4.23. The van der Waals surface area contributed by atoms with Crippen molar-refractivity contribution in [1.29, 1.82) is 0 Å². The molecule has 0 bridgehead atoms. The monoisotopic (exact) mass is 333 g/mol. The molecule has 2 aliphatic heterocycles. The molecule has 2 amide bonds. The lowest BCUT2D eigenvalue weighted by Crippen LogP contribution is -2.48. The zero-order valence-corrected chi connectivity index (χ0v) is 13.9. The lowest BCUT2D eigenvalue weighted by Gasteiger charge is -2.31. The van der Waals surface area contributed by atoms with Gasteiger partial charge in [0, 0.05) is 44.7 Å². The lowest BCUT2D eigenvalue weighted by molar-refractivity contribution is 0.0801. The molecule has 0 unspecified atom stereocenters. The van der Waals surface area contributed by atoms with Crippen LogP contribution in [0.5, 0.6) is 6.01 Å². The molecule has 3 heterocycles. The molecule has 0 aliphatic carbocycles. The maximum atomic E-state index is 12.2. The van der Waals surface area contributed by atoms with Gasteiger partial charge in [0.15, 0.2) is 0 Å². The molecule has 8 heteroatoms. The molecule has 0 spiro atoms. The highest BCUT2D eigenvalue weighted by Gasteiger charge is 2.26. The summed E-state index contributed by atoms with van der Waals surface area (Å²) in [6, 6.07) is 2.09. The van der Waals surface area contributed by atoms with E-state index in [1.807, 2.05) is 4.90 Å². The van der Waals surface area contributed by atoms with Crippen molar-refractivity contribution < 1.29 is 14.4 Å². The summed E-state index contributed by atoms with van der Waals surface area (Å²) in [4.78, 5) is 27.5. The second-order valence-corrected chi connectivity index (χ2v) is 5.96. The first-order valence-electron chi connectivity index (χ1n) is 8.42. The number of carbonyl (C=O) groups excluding carboxylic acids is 1. The van der Waals surface area contributed by atoms with E-state index in [4.69, 9.17) is 9.57 Å². The number of aromatic nitrogens is 2. The number of oxime groups is 1. The highest BCUT2D eigenvalue weighted by molar-refractivity contribution is 5.85. The molecular formula is C16H23N5O3. The number of hydrogen-bond acceptors (Lipinski definition) is 6. The van der Waals surface area contributed by atoms with Crippen molar-refractivity contribution >= 4 is 11.7 Å². The van der Waals surface area contributed by atoms with E-state index in [-0.39, 0.29) is 18.2 Å². The van der Waals surface area contributed by atoms with Gasteiger partial charge in [0.2, 0.25) is 0 Å². The second kappa shape index (κ2) is 7.94. The number of ether oxygens (including phenoxy) is 1. The molecular weight excluding hydrogens is 310 g/mol. The third-order valence-corrected chi connectivity index (χ3v) is 4.23. The predicted molar refractivity (Wildman–Crippen MR) is 87.9 cm³/mol. The fourth-order valence-corrected chi connectivity index (χ4v) is 2.79. The summed E-state index contributed by atoms with van der Waals surface area (Å²) in [5.74, 6) is 0. The number of carbonyl (C=O) groups is 1. The van der Waals surface area contributed by atoms with Crippen LogP contribution in [-0.2, 0) is 4.84 Å². The molecule has 24 heavy (non-hydrogen) atoms. The Balaban J connectivity index is 1.36. The first kappa shape index (κ1) is 16.5. The molecule has 8 nitrogen and oxygen atoms in total. The van der Waals surface area contributed by atoms with E-state index < -0.39 is 0 Å². The summed E-state index contributed by atoms with van der Waals surface area (Å²) < 4.78 is 5.73. The second-order valence-electron chi connectivity index (χ2n) is 5.96. The minimum absolute atomic E-state index is 0.0417. The standard InChI is InChI=1S/C16H23N5O3/c1-2-12-10-14(24-20-12)11-19-16(22)21-8-4-13(5-9-21)23-15-17-6-3-7-18-15/h3,6-7,13-14H,2,4-5,8-11H2,1H3,(H,19,22)/t14-/m0/s1. The van der Waals surface area contributed by atoms with E-state index in [1.165, 1.54) is 0 Å². The van der Waals surface area contributed by atoms with Crippen molar-refractivity contribution in [3.8, 4) is 6.01 Å². The maximum absolute atomic E-state index is 12.2. The van der Waals surface area contributed by atoms with Crippen molar-refractivity contribution in [2.45, 2.75) is 44.8 Å². The smallest absolute Gasteiger partial charge is 0.317 e. The number of rotatable bonds is 5. The number of amides is 2. The van der Waals surface area contributed by atoms with Crippen molar-refractivity contribution in [3.63, 3.8) is 0 Å². The average Bonchev–Trinajstić information content (AvgIpc) is 3.09. The quantitative estimate of drug-likeness (QED) is 0.884. The minimum Gasteiger partial charge on any atom is -0.460 e. The van der Waals surface area contributed by atoms with Gasteiger partial charge >= 0.3 is 12.0 Å². The van der Waals surface area contributed by atoms with E-state index in [2.05, 4.69) is 27.4 Å². The van der Waals surface area contributed by atoms with Crippen LogP contribution in [0.1, 0.15) is 32.6 Å². The first-order chi connectivity index (χ1) is 11.7. The van der Waals surface area contributed by atoms with Gasteiger partial charge in [-0.15, -0.1) is 0 Å².